The molecular formula is C25H34ClN3O2. The third-order valence-electron chi connectivity index (χ3n) is 6.51. The summed E-state index contributed by atoms with van der Waals surface area (Å²) in [5, 5.41) is 0. The van der Waals surface area contributed by atoms with Gasteiger partial charge < -0.3 is 14.5 Å². The number of likely N-dealkylation sites (tertiary alicyclic amines) is 1. The van der Waals surface area contributed by atoms with Crippen LogP contribution in [0, 0.1) is 0 Å². The number of benzene rings is 2. The van der Waals surface area contributed by atoms with Gasteiger partial charge in [0.05, 0.1) is 0 Å². The van der Waals surface area contributed by atoms with Crippen molar-refractivity contribution in [1.82, 2.24) is 14.7 Å². The molecule has 2 aliphatic heterocycles. The van der Waals surface area contributed by atoms with Crippen LogP contribution in [0.3, 0.4) is 0 Å². The smallest absolute Gasteiger partial charge is 0.260 e. The quantitative estimate of drug-likeness (QED) is 0.680. The molecule has 1 amide bonds. The number of hydrogen-bond acceptors (Lipinski definition) is 4. The molecule has 168 valence electrons. The minimum Gasteiger partial charge on any atom is -0.484 e. The molecule has 0 aliphatic carbocycles. The number of nitrogens with zero attached hydrogens (tertiary/aromatic N) is 3. The lowest BCUT2D eigenvalue weighted by molar-refractivity contribution is -0.135. The van der Waals surface area contributed by atoms with Crippen LogP contribution in [0.4, 0.5) is 0 Å². The van der Waals surface area contributed by atoms with E-state index >= 15 is 0 Å². The Morgan fingerprint density at radius 1 is 0.871 bits per heavy atom. The normalized spacial score (nSPS) is 18.4. The Labute approximate surface area is 192 Å². The van der Waals surface area contributed by atoms with Gasteiger partial charge in [-0.2, -0.15) is 0 Å². The highest BCUT2D eigenvalue weighted by Crippen LogP contribution is 2.22. The first kappa shape index (κ1) is 23.6. The summed E-state index contributed by atoms with van der Waals surface area (Å²) in [6.45, 7) is 9.85. The van der Waals surface area contributed by atoms with Crippen LogP contribution in [0.2, 0.25) is 0 Å². The zero-order valence-corrected chi connectivity index (χ0v) is 19.2. The van der Waals surface area contributed by atoms with E-state index in [0.29, 0.717) is 6.04 Å². The van der Waals surface area contributed by atoms with Crippen LogP contribution < -0.4 is 4.74 Å². The summed E-state index contributed by atoms with van der Waals surface area (Å²) in [4.78, 5) is 19.7. The first-order valence-electron chi connectivity index (χ1n) is 11.3. The number of amides is 1. The Kier molecular flexibility index (Phi) is 8.76. The number of carbonyl (C=O) groups is 1. The molecule has 2 aliphatic rings. The van der Waals surface area contributed by atoms with E-state index in [1.807, 2.05) is 47.4 Å². The van der Waals surface area contributed by atoms with Crippen LogP contribution in [0.25, 0.3) is 11.1 Å². The molecule has 4 rings (SSSR count). The molecule has 2 fully saturated rings. The average Bonchev–Trinajstić information content (AvgIpc) is 2.83. The lowest BCUT2D eigenvalue weighted by atomic mass is 10.0. The topological polar surface area (TPSA) is 36.0 Å². The van der Waals surface area contributed by atoms with E-state index in [-0.39, 0.29) is 24.9 Å². The molecule has 0 aromatic heterocycles. The van der Waals surface area contributed by atoms with E-state index in [0.717, 1.165) is 56.9 Å². The number of halogens is 1. The number of likely N-dealkylation sites (N-methyl/N-ethyl adjacent to an activating group) is 1. The highest BCUT2D eigenvalue weighted by molar-refractivity contribution is 5.85. The fourth-order valence-corrected chi connectivity index (χ4v) is 4.54. The van der Waals surface area contributed by atoms with Crippen molar-refractivity contribution in [3.05, 3.63) is 54.6 Å². The van der Waals surface area contributed by atoms with Crippen molar-refractivity contribution in [3.8, 4) is 16.9 Å². The van der Waals surface area contributed by atoms with Crippen LogP contribution >= 0.6 is 12.4 Å². The van der Waals surface area contributed by atoms with E-state index in [2.05, 4.69) is 28.9 Å². The Morgan fingerprint density at radius 2 is 1.48 bits per heavy atom. The SMILES string of the molecule is CCN1CCN(C2CCN(C(=O)COc3ccc(-c4ccccc4)cc3)CC2)CC1.Cl. The monoisotopic (exact) mass is 443 g/mol. The summed E-state index contributed by atoms with van der Waals surface area (Å²) in [6, 6.07) is 18.9. The summed E-state index contributed by atoms with van der Waals surface area (Å²) in [7, 11) is 0. The van der Waals surface area contributed by atoms with Gasteiger partial charge in [-0.3, -0.25) is 9.69 Å². The van der Waals surface area contributed by atoms with Gasteiger partial charge in [0.15, 0.2) is 6.61 Å². The fourth-order valence-electron chi connectivity index (χ4n) is 4.54. The molecule has 0 spiro atoms. The van der Waals surface area contributed by atoms with Crippen LogP contribution in [-0.2, 0) is 4.79 Å². The Morgan fingerprint density at radius 3 is 2.10 bits per heavy atom. The summed E-state index contributed by atoms with van der Waals surface area (Å²) < 4.78 is 5.77. The van der Waals surface area contributed by atoms with Crippen molar-refractivity contribution in [2.75, 3.05) is 52.4 Å². The predicted octanol–water partition coefficient (Wildman–Crippen LogP) is 3.78. The number of carbonyl (C=O) groups excluding carboxylic acids is 1. The molecule has 31 heavy (non-hydrogen) atoms. The second kappa shape index (κ2) is 11.5. The molecule has 2 aromatic carbocycles. The second-order valence-electron chi connectivity index (χ2n) is 8.26. The van der Waals surface area contributed by atoms with Gasteiger partial charge in [-0.25, -0.2) is 0 Å². The minimum absolute atomic E-state index is 0. The molecule has 0 bridgehead atoms. The largest absolute Gasteiger partial charge is 0.484 e. The number of hydrogen-bond donors (Lipinski definition) is 0. The Bertz CT molecular complexity index is 799. The highest BCUT2D eigenvalue weighted by atomic mass is 35.5. The van der Waals surface area contributed by atoms with Crippen LogP contribution in [0.5, 0.6) is 5.75 Å². The zero-order chi connectivity index (χ0) is 20.8. The average molecular weight is 444 g/mol. The van der Waals surface area contributed by atoms with Crippen LogP contribution in [0.1, 0.15) is 19.8 Å². The molecule has 0 saturated carbocycles. The van der Waals surface area contributed by atoms with E-state index in [1.165, 1.54) is 18.7 Å². The molecule has 5 nitrogen and oxygen atoms in total. The summed E-state index contributed by atoms with van der Waals surface area (Å²) in [5.41, 5.74) is 2.33. The lowest BCUT2D eigenvalue weighted by Crippen LogP contribution is -2.54. The molecule has 0 atom stereocenters. The zero-order valence-electron chi connectivity index (χ0n) is 18.4. The molecule has 2 saturated heterocycles. The maximum Gasteiger partial charge on any atom is 0.260 e. The third kappa shape index (κ3) is 6.22. The summed E-state index contributed by atoms with van der Waals surface area (Å²) in [6.07, 6.45) is 2.15. The van der Waals surface area contributed by atoms with Gasteiger partial charge >= 0.3 is 0 Å². The van der Waals surface area contributed by atoms with Crippen molar-refractivity contribution in [1.29, 1.82) is 0 Å². The standard InChI is InChI=1S/C25H33N3O2.ClH/c1-2-26-16-18-27(19-17-26)23-12-14-28(15-13-23)25(29)20-30-24-10-8-22(9-11-24)21-6-4-3-5-7-21;/h3-11,23H,2,12-20H2,1H3;1H. The number of rotatable bonds is 6. The van der Waals surface area contributed by atoms with E-state index in [4.69, 9.17) is 4.74 Å². The minimum atomic E-state index is 0. The maximum absolute atomic E-state index is 12.6. The molecule has 0 N–H and O–H groups in total. The van der Waals surface area contributed by atoms with Crippen molar-refractivity contribution in [2.24, 2.45) is 0 Å². The van der Waals surface area contributed by atoms with E-state index < -0.39 is 0 Å². The van der Waals surface area contributed by atoms with Gasteiger partial charge in [-0.15, -0.1) is 12.4 Å². The number of ether oxygens (including phenoxy) is 1. The third-order valence-corrected chi connectivity index (χ3v) is 6.51. The van der Waals surface area contributed by atoms with Gasteiger partial charge in [0.2, 0.25) is 0 Å². The van der Waals surface area contributed by atoms with Crippen LogP contribution in [0.15, 0.2) is 54.6 Å². The molecular weight excluding hydrogens is 410 g/mol. The van der Waals surface area contributed by atoms with Crippen molar-refractivity contribution < 1.29 is 9.53 Å². The van der Waals surface area contributed by atoms with Crippen molar-refractivity contribution in [2.45, 2.75) is 25.8 Å². The van der Waals surface area contributed by atoms with Gasteiger partial charge in [-0.05, 0) is 42.6 Å². The number of piperidine rings is 1. The van der Waals surface area contributed by atoms with E-state index in [1.54, 1.807) is 0 Å². The van der Waals surface area contributed by atoms with Gasteiger partial charge in [0.1, 0.15) is 5.75 Å². The van der Waals surface area contributed by atoms with Gasteiger partial charge in [-0.1, -0.05) is 49.4 Å². The summed E-state index contributed by atoms with van der Waals surface area (Å²) in [5.74, 6) is 0.836. The van der Waals surface area contributed by atoms with Gasteiger partial charge in [0, 0.05) is 45.3 Å². The first-order chi connectivity index (χ1) is 14.7. The second-order valence-corrected chi connectivity index (χ2v) is 8.26. The first-order valence-corrected chi connectivity index (χ1v) is 11.3. The fraction of sp³-hybridized carbons (Fsp3) is 0.480. The Hall–Kier alpha value is -2.08. The molecule has 2 heterocycles. The molecule has 2 aromatic rings. The predicted molar refractivity (Wildman–Crippen MR) is 128 cm³/mol. The van der Waals surface area contributed by atoms with Crippen LogP contribution in [-0.4, -0.2) is 79.1 Å². The van der Waals surface area contributed by atoms with Gasteiger partial charge in [0.25, 0.3) is 5.91 Å². The van der Waals surface area contributed by atoms with Crippen molar-refractivity contribution >= 4 is 18.3 Å². The van der Waals surface area contributed by atoms with Crippen molar-refractivity contribution in [3.63, 3.8) is 0 Å². The molecule has 6 heteroatoms. The van der Waals surface area contributed by atoms with E-state index in [9.17, 15) is 4.79 Å². The highest BCUT2D eigenvalue weighted by Gasteiger charge is 2.28. The Balaban J connectivity index is 0.00000272. The number of piperazine rings is 1. The maximum atomic E-state index is 12.6. The molecule has 0 radical (unpaired) electrons. The summed E-state index contributed by atoms with van der Waals surface area (Å²) >= 11 is 0. The lowest BCUT2D eigenvalue weighted by Gasteiger charge is -2.42. The molecule has 0 unspecified atom stereocenters.